The summed E-state index contributed by atoms with van der Waals surface area (Å²) in [5, 5.41) is 23.4. The summed E-state index contributed by atoms with van der Waals surface area (Å²) in [5.74, 6) is -0.100. The van der Waals surface area contributed by atoms with Crippen LogP contribution in [0.2, 0.25) is 0 Å². The second-order valence-electron chi connectivity index (χ2n) is 7.87. The maximum atomic E-state index is 13.5. The summed E-state index contributed by atoms with van der Waals surface area (Å²) in [6.45, 7) is 1.89. The van der Waals surface area contributed by atoms with Gasteiger partial charge in [0.05, 0.1) is 17.1 Å². The molecule has 168 valence electrons. The molecule has 8 nitrogen and oxygen atoms in total. The largest absolute Gasteiger partial charge is 0.465 e. The van der Waals surface area contributed by atoms with Crippen LogP contribution in [-0.2, 0) is 5.72 Å². The van der Waals surface area contributed by atoms with E-state index in [9.17, 15) is 19.8 Å². The number of hydrogen-bond acceptors (Lipinski definition) is 5. The lowest BCUT2D eigenvalue weighted by atomic mass is 9.93. The number of rotatable bonds is 4. The maximum Gasteiger partial charge on any atom is 0.413 e. The predicted octanol–water partition coefficient (Wildman–Crippen LogP) is 4.91. The number of aromatic nitrogens is 2. The molecule has 10 heteroatoms. The van der Waals surface area contributed by atoms with Gasteiger partial charge in [0.2, 0.25) is 5.95 Å². The summed E-state index contributed by atoms with van der Waals surface area (Å²) in [5.41, 5.74) is 0.769. The summed E-state index contributed by atoms with van der Waals surface area (Å²) in [6.07, 6.45) is -1.15. The fourth-order valence-electron chi connectivity index (χ4n) is 4.26. The standard InChI is InChI=1S/C23H19BrN4O4S/c1-12(19-10-14(24)11-33-19)28-20(29)15-5-3-4-6-16(15)23(28,32)13-7-8-17-18(9-13)26-21(25-17)27(2)22(30)31/h3-12,32H,1-2H3,(H,25,26)(H,30,31). The molecule has 3 N–H and O–H groups in total. The Morgan fingerprint density at radius 3 is 2.73 bits per heavy atom. The van der Waals surface area contributed by atoms with Gasteiger partial charge in [-0.05, 0) is 47.1 Å². The molecule has 1 aliphatic rings. The van der Waals surface area contributed by atoms with Gasteiger partial charge in [0.25, 0.3) is 5.91 Å². The Bertz CT molecular complexity index is 1420. The molecule has 0 saturated heterocycles. The van der Waals surface area contributed by atoms with Gasteiger partial charge in [-0.1, -0.05) is 24.3 Å². The second kappa shape index (κ2) is 7.68. The molecule has 2 unspecified atom stereocenters. The zero-order valence-corrected chi connectivity index (χ0v) is 20.0. The first-order valence-electron chi connectivity index (χ1n) is 10.1. The molecule has 0 bridgehead atoms. The van der Waals surface area contributed by atoms with Gasteiger partial charge in [-0.2, -0.15) is 0 Å². The Balaban J connectivity index is 1.68. The monoisotopic (exact) mass is 526 g/mol. The lowest BCUT2D eigenvalue weighted by molar-refractivity contribution is -0.0670. The number of anilines is 1. The molecule has 2 aromatic carbocycles. The fraction of sp³-hybridized carbons (Fsp3) is 0.174. The molecule has 1 aliphatic heterocycles. The van der Waals surface area contributed by atoms with Gasteiger partial charge in [-0.3, -0.25) is 14.6 Å². The van der Waals surface area contributed by atoms with E-state index in [4.69, 9.17) is 0 Å². The number of benzene rings is 2. The van der Waals surface area contributed by atoms with Crippen molar-refractivity contribution in [1.29, 1.82) is 0 Å². The smallest absolute Gasteiger partial charge is 0.413 e. The lowest BCUT2D eigenvalue weighted by Gasteiger charge is -2.38. The summed E-state index contributed by atoms with van der Waals surface area (Å²) in [4.78, 5) is 35.6. The normalized spacial score (nSPS) is 18.5. The van der Waals surface area contributed by atoms with Crippen LogP contribution in [-0.4, -0.2) is 44.1 Å². The van der Waals surface area contributed by atoms with Crippen molar-refractivity contribution >= 4 is 56.2 Å². The minimum absolute atomic E-state index is 0.165. The Labute approximate surface area is 201 Å². The Hall–Kier alpha value is -3.21. The molecule has 4 aromatic rings. The molecule has 0 aliphatic carbocycles. The van der Waals surface area contributed by atoms with Gasteiger partial charge >= 0.3 is 6.09 Å². The first-order chi connectivity index (χ1) is 15.7. The Morgan fingerprint density at radius 1 is 1.27 bits per heavy atom. The van der Waals surface area contributed by atoms with Crippen molar-refractivity contribution in [2.24, 2.45) is 0 Å². The van der Waals surface area contributed by atoms with E-state index in [0.29, 0.717) is 27.7 Å². The SMILES string of the molecule is CC(c1cc(Br)cs1)N1C(=O)c2ccccc2C1(O)c1ccc2[nH]c(N(C)C(=O)O)nc2c1. The Kier molecular flexibility index (Phi) is 5.04. The highest BCUT2D eigenvalue weighted by Crippen LogP contribution is 2.48. The number of aliphatic hydroxyl groups is 1. The number of amides is 2. The molecule has 0 radical (unpaired) electrons. The number of imidazole rings is 1. The van der Waals surface area contributed by atoms with E-state index >= 15 is 0 Å². The average Bonchev–Trinajstić information content (AvgIpc) is 3.48. The van der Waals surface area contributed by atoms with E-state index in [0.717, 1.165) is 14.2 Å². The van der Waals surface area contributed by atoms with Crippen LogP contribution in [0, 0.1) is 0 Å². The van der Waals surface area contributed by atoms with Crippen molar-refractivity contribution in [3.8, 4) is 0 Å². The molecule has 5 rings (SSSR count). The van der Waals surface area contributed by atoms with E-state index in [1.165, 1.54) is 23.3 Å². The molecule has 2 aromatic heterocycles. The number of nitrogens with one attached hydrogen (secondary N) is 1. The average molecular weight is 527 g/mol. The maximum absolute atomic E-state index is 13.5. The molecule has 2 amide bonds. The van der Waals surface area contributed by atoms with Crippen LogP contribution >= 0.6 is 27.3 Å². The number of carbonyl (C=O) groups is 2. The van der Waals surface area contributed by atoms with Gasteiger partial charge in [-0.15, -0.1) is 11.3 Å². The summed E-state index contributed by atoms with van der Waals surface area (Å²) in [7, 11) is 1.39. The van der Waals surface area contributed by atoms with E-state index in [-0.39, 0.29) is 11.9 Å². The van der Waals surface area contributed by atoms with Crippen LogP contribution < -0.4 is 4.90 Å². The highest BCUT2D eigenvalue weighted by molar-refractivity contribution is 9.10. The minimum Gasteiger partial charge on any atom is -0.465 e. The van der Waals surface area contributed by atoms with Crippen LogP contribution in [0.4, 0.5) is 10.7 Å². The van der Waals surface area contributed by atoms with E-state index < -0.39 is 17.9 Å². The van der Waals surface area contributed by atoms with Crippen LogP contribution in [0.15, 0.2) is 58.4 Å². The predicted molar refractivity (Wildman–Crippen MR) is 129 cm³/mol. The van der Waals surface area contributed by atoms with Crippen LogP contribution in [0.5, 0.6) is 0 Å². The third kappa shape index (κ3) is 3.25. The van der Waals surface area contributed by atoms with Crippen LogP contribution in [0.3, 0.4) is 0 Å². The second-order valence-corrected chi connectivity index (χ2v) is 9.73. The third-order valence-electron chi connectivity index (χ3n) is 5.97. The number of thiophene rings is 1. The van der Waals surface area contributed by atoms with Gasteiger partial charge in [0, 0.05) is 38.5 Å². The van der Waals surface area contributed by atoms with Gasteiger partial charge in [0.1, 0.15) is 0 Å². The number of H-pyrrole nitrogens is 1. The van der Waals surface area contributed by atoms with Crippen molar-refractivity contribution in [1.82, 2.24) is 14.9 Å². The number of halogens is 1. The van der Waals surface area contributed by atoms with Crippen LogP contribution in [0.1, 0.15) is 39.3 Å². The summed E-state index contributed by atoms with van der Waals surface area (Å²) >= 11 is 4.97. The van der Waals surface area contributed by atoms with Gasteiger partial charge < -0.3 is 15.2 Å². The van der Waals surface area contributed by atoms with Crippen molar-refractivity contribution in [3.05, 3.63) is 80.0 Å². The molecule has 33 heavy (non-hydrogen) atoms. The molecule has 2 atom stereocenters. The van der Waals surface area contributed by atoms with Crippen molar-refractivity contribution < 1.29 is 19.8 Å². The van der Waals surface area contributed by atoms with Crippen LogP contribution in [0.25, 0.3) is 11.0 Å². The van der Waals surface area contributed by atoms with Gasteiger partial charge in [-0.25, -0.2) is 9.78 Å². The number of fused-ring (bicyclic) bond motifs is 2. The topological polar surface area (TPSA) is 110 Å². The third-order valence-corrected chi connectivity index (χ3v) is 7.83. The van der Waals surface area contributed by atoms with Crippen molar-refractivity contribution in [2.75, 3.05) is 11.9 Å². The minimum atomic E-state index is -1.73. The van der Waals surface area contributed by atoms with Crippen molar-refractivity contribution in [2.45, 2.75) is 18.7 Å². The zero-order chi connectivity index (χ0) is 23.5. The molecule has 0 saturated carbocycles. The summed E-state index contributed by atoms with van der Waals surface area (Å²) in [6, 6.07) is 13.7. The Morgan fingerprint density at radius 2 is 2.03 bits per heavy atom. The number of nitrogens with zero attached hydrogens (tertiary/aromatic N) is 3. The molecule has 0 spiro atoms. The van der Waals surface area contributed by atoms with E-state index in [2.05, 4.69) is 25.9 Å². The number of carbonyl (C=O) groups excluding carboxylic acids is 1. The first kappa shape index (κ1) is 21.6. The van der Waals surface area contributed by atoms with E-state index in [1.54, 1.807) is 42.5 Å². The zero-order valence-electron chi connectivity index (χ0n) is 17.6. The molecule has 3 heterocycles. The molecular weight excluding hydrogens is 508 g/mol. The van der Waals surface area contributed by atoms with E-state index in [1.807, 2.05) is 18.4 Å². The summed E-state index contributed by atoms with van der Waals surface area (Å²) < 4.78 is 0.912. The lowest BCUT2D eigenvalue weighted by Crippen LogP contribution is -2.45. The fourth-order valence-corrected chi connectivity index (χ4v) is 5.76. The highest BCUT2D eigenvalue weighted by atomic mass is 79.9. The molecular formula is C23H19BrN4O4S. The highest BCUT2D eigenvalue weighted by Gasteiger charge is 2.52. The number of aromatic amines is 1. The van der Waals surface area contributed by atoms with Gasteiger partial charge in [0.15, 0.2) is 5.72 Å². The quantitative estimate of drug-likeness (QED) is 0.350. The molecule has 0 fully saturated rings. The number of hydrogen-bond donors (Lipinski definition) is 3. The number of carboxylic acid groups (broad SMARTS) is 1. The van der Waals surface area contributed by atoms with Crippen molar-refractivity contribution in [3.63, 3.8) is 0 Å². The first-order valence-corrected chi connectivity index (χ1v) is 11.8.